The van der Waals surface area contributed by atoms with E-state index in [-0.39, 0.29) is 6.04 Å². The van der Waals surface area contributed by atoms with Crippen LogP contribution in [0.2, 0.25) is 0 Å². The minimum Gasteiger partial charge on any atom is -0.326 e. The first kappa shape index (κ1) is 14.8. The maximum Gasteiger partial charge on any atom is 0.0250 e. The lowest BCUT2D eigenvalue weighted by Gasteiger charge is -2.17. The van der Waals surface area contributed by atoms with E-state index in [0.717, 1.165) is 19.6 Å². The summed E-state index contributed by atoms with van der Waals surface area (Å²) >= 11 is 3.57. The lowest BCUT2D eigenvalue weighted by Crippen LogP contribution is -2.28. The van der Waals surface area contributed by atoms with E-state index in [2.05, 4.69) is 76.3 Å². The Bertz CT molecular complexity index is 612. The van der Waals surface area contributed by atoms with Crippen molar-refractivity contribution in [1.29, 1.82) is 0 Å². The maximum absolute atomic E-state index is 6.39. The van der Waals surface area contributed by atoms with E-state index in [1.54, 1.807) is 0 Å². The third-order valence-electron chi connectivity index (χ3n) is 4.30. The molecule has 1 aliphatic rings. The summed E-state index contributed by atoms with van der Waals surface area (Å²) in [5.41, 5.74) is 10.4. The van der Waals surface area contributed by atoms with Crippen LogP contribution in [-0.2, 0) is 6.54 Å². The summed E-state index contributed by atoms with van der Waals surface area (Å²) in [7, 11) is 0. The van der Waals surface area contributed by atoms with Gasteiger partial charge in [-0.3, -0.25) is 4.90 Å². The van der Waals surface area contributed by atoms with Gasteiger partial charge in [-0.2, -0.15) is 0 Å². The third kappa shape index (κ3) is 3.37. The summed E-state index contributed by atoms with van der Waals surface area (Å²) in [5.74, 6) is 0.431. The Morgan fingerprint density at radius 1 is 1.14 bits per heavy atom. The summed E-state index contributed by atoms with van der Waals surface area (Å²) in [4.78, 5) is 2.46. The molecule has 0 aromatic heterocycles. The molecule has 2 atom stereocenters. The van der Waals surface area contributed by atoms with Gasteiger partial charge in [0.25, 0.3) is 0 Å². The van der Waals surface area contributed by atoms with Gasteiger partial charge in [0.2, 0.25) is 0 Å². The van der Waals surface area contributed by atoms with Crippen LogP contribution in [0.25, 0.3) is 0 Å². The quantitative estimate of drug-likeness (QED) is 0.919. The number of rotatable bonds is 3. The molecule has 0 radical (unpaired) electrons. The van der Waals surface area contributed by atoms with Crippen molar-refractivity contribution in [3.05, 3.63) is 69.7 Å². The molecule has 1 aliphatic heterocycles. The molecule has 0 bridgehead atoms. The van der Waals surface area contributed by atoms with Gasteiger partial charge in [-0.05, 0) is 29.7 Å². The number of nitrogens with two attached hydrogens (primary N) is 1. The molecule has 1 fully saturated rings. The molecule has 0 spiro atoms. The van der Waals surface area contributed by atoms with Crippen molar-refractivity contribution in [2.45, 2.75) is 25.4 Å². The molecule has 2 aromatic carbocycles. The molecule has 3 rings (SSSR count). The first-order valence-electron chi connectivity index (χ1n) is 7.41. The van der Waals surface area contributed by atoms with Crippen molar-refractivity contribution in [2.24, 2.45) is 5.73 Å². The van der Waals surface area contributed by atoms with Crippen LogP contribution in [0.15, 0.2) is 53.0 Å². The first-order valence-corrected chi connectivity index (χ1v) is 8.20. The van der Waals surface area contributed by atoms with Gasteiger partial charge in [0.05, 0.1) is 0 Å². The van der Waals surface area contributed by atoms with Crippen LogP contribution in [0, 0.1) is 6.92 Å². The normalized spacial score (nSPS) is 22.6. The number of halogens is 1. The van der Waals surface area contributed by atoms with Gasteiger partial charge in [0, 0.05) is 36.1 Å². The highest BCUT2D eigenvalue weighted by Crippen LogP contribution is 2.30. The van der Waals surface area contributed by atoms with E-state index < -0.39 is 0 Å². The topological polar surface area (TPSA) is 29.3 Å². The zero-order valence-corrected chi connectivity index (χ0v) is 13.9. The van der Waals surface area contributed by atoms with Crippen molar-refractivity contribution < 1.29 is 0 Å². The maximum atomic E-state index is 6.39. The van der Waals surface area contributed by atoms with Gasteiger partial charge in [-0.25, -0.2) is 0 Å². The Labute approximate surface area is 135 Å². The molecule has 0 amide bonds. The number of nitrogens with zero attached hydrogens (tertiary/aromatic N) is 1. The van der Waals surface area contributed by atoms with Crippen molar-refractivity contribution in [2.75, 3.05) is 13.1 Å². The Morgan fingerprint density at radius 2 is 1.90 bits per heavy atom. The summed E-state index contributed by atoms with van der Waals surface area (Å²) in [6.45, 7) is 5.13. The molecule has 1 saturated heterocycles. The number of benzene rings is 2. The standard InChI is InChI=1S/C18H21BrN2/c1-13-9-15(7-8-17(13)19)16-11-21(12-18(16)20)10-14-5-3-2-4-6-14/h2-9,16,18H,10-12,20H2,1H3. The molecule has 2 aromatic rings. The lowest BCUT2D eigenvalue weighted by molar-refractivity contribution is 0.324. The summed E-state index contributed by atoms with van der Waals surface area (Å²) in [6, 6.07) is 17.4. The molecule has 2 N–H and O–H groups in total. The highest BCUT2D eigenvalue weighted by molar-refractivity contribution is 9.10. The van der Waals surface area contributed by atoms with Gasteiger partial charge >= 0.3 is 0 Å². The minimum atomic E-state index is 0.217. The van der Waals surface area contributed by atoms with E-state index in [0.29, 0.717) is 5.92 Å². The smallest absolute Gasteiger partial charge is 0.0250 e. The minimum absolute atomic E-state index is 0.217. The van der Waals surface area contributed by atoms with Crippen molar-refractivity contribution in [3.8, 4) is 0 Å². The molecule has 110 valence electrons. The molecule has 1 heterocycles. The monoisotopic (exact) mass is 344 g/mol. The fourth-order valence-electron chi connectivity index (χ4n) is 3.14. The van der Waals surface area contributed by atoms with Gasteiger partial charge in [-0.15, -0.1) is 0 Å². The Kier molecular flexibility index (Phi) is 4.43. The van der Waals surface area contributed by atoms with Crippen molar-refractivity contribution in [3.63, 3.8) is 0 Å². The molecule has 3 heteroatoms. The van der Waals surface area contributed by atoms with Crippen molar-refractivity contribution >= 4 is 15.9 Å². The van der Waals surface area contributed by atoms with Crippen LogP contribution in [0.4, 0.5) is 0 Å². The zero-order valence-electron chi connectivity index (χ0n) is 12.3. The zero-order chi connectivity index (χ0) is 14.8. The lowest BCUT2D eigenvalue weighted by atomic mass is 9.94. The SMILES string of the molecule is Cc1cc(C2CN(Cc3ccccc3)CC2N)ccc1Br. The second kappa shape index (κ2) is 6.30. The van der Waals surface area contributed by atoms with Crippen molar-refractivity contribution in [1.82, 2.24) is 4.90 Å². The van der Waals surface area contributed by atoms with E-state index in [1.807, 2.05) is 0 Å². The summed E-state index contributed by atoms with van der Waals surface area (Å²) < 4.78 is 1.17. The van der Waals surface area contributed by atoms with Crippen LogP contribution in [0.5, 0.6) is 0 Å². The molecule has 0 saturated carbocycles. The highest BCUT2D eigenvalue weighted by atomic mass is 79.9. The molecular weight excluding hydrogens is 324 g/mol. The Balaban J connectivity index is 1.72. The Hall–Kier alpha value is -1.16. The van der Waals surface area contributed by atoms with Crippen LogP contribution in [0.3, 0.4) is 0 Å². The molecule has 0 aliphatic carbocycles. The molecule has 2 nitrogen and oxygen atoms in total. The van der Waals surface area contributed by atoms with Crippen LogP contribution >= 0.6 is 15.9 Å². The fraction of sp³-hybridized carbons (Fsp3) is 0.333. The number of hydrogen-bond acceptors (Lipinski definition) is 2. The van der Waals surface area contributed by atoms with Crippen LogP contribution < -0.4 is 5.73 Å². The molecular formula is C18H21BrN2. The van der Waals surface area contributed by atoms with Gasteiger partial charge < -0.3 is 5.73 Å². The third-order valence-corrected chi connectivity index (χ3v) is 5.19. The highest BCUT2D eigenvalue weighted by Gasteiger charge is 2.31. The Morgan fingerprint density at radius 3 is 2.62 bits per heavy atom. The second-order valence-electron chi connectivity index (χ2n) is 5.96. The van der Waals surface area contributed by atoms with E-state index in [4.69, 9.17) is 5.73 Å². The van der Waals surface area contributed by atoms with Gasteiger partial charge in [0.15, 0.2) is 0 Å². The molecule has 21 heavy (non-hydrogen) atoms. The van der Waals surface area contributed by atoms with E-state index >= 15 is 0 Å². The number of hydrogen-bond donors (Lipinski definition) is 1. The predicted molar refractivity (Wildman–Crippen MR) is 91.3 cm³/mol. The average molecular weight is 345 g/mol. The number of likely N-dealkylation sites (tertiary alicyclic amines) is 1. The summed E-state index contributed by atoms with van der Waals surface area (Å²) in [6.07, 6.45) is 0. The summed E-state index contributed by atoms with van der Waals surface area (Å²) in [5, 5.41) is 0. The average Bonchev–Trinajstić information content (AvgIpc) is 2.84. The fourth-order valence-corrected chi connectivity index (χ4v) is 3.38. The van der Waals surface area contributed by atoms with Crippen LogP contribution in [0.1, 0.15) is 22.6 Å². The van der Waals surface area contributed by atoms with E-state index in [9.17, 15) is 0 Å². The number of aryl methyl sites for hydroxylation is 1. The van der Waals surface area contributed by atoms with E-state index in [1.165, 1.54) is 21.2 Å². The van der Waals surface area contributed by atoms with Gasteiger partial charge in [0.1, 0.15) is 0 Å². The largest absolute Gasteiger partial charge is 0.326 e. The second-order valence-corrected chi connectivity index (χ2v) is 6.81. The van der Waals surface area contributed by atoms with Gasteiger partial charge in [-0.1, -0.05) is 58.4 Å². The van der Waals surface area contributed by atoms with Crippen LogP contribution in [-0.4, -0.2) is 24.0 Å². The molecule has 2 unspecified atom stereocenters. The first-order chi connectivity index (χ1) is 10.1. The predicted octanol–water partition coefficient (Wildman–Crippen LogP) is 3.68.